The highest BCUT2D eigenvalue weighted by Crippen LogP contribution is 2.50. The van der Waals surface area contributed by atoms with Gasteiger partial charge in [0.25, 0.3) is 0 Å². The standard InChI is InChI=1S/C23H17BrS/c1-23(2)18-8-4-3-6-14(18)17-11-10-15(20-12-13-21(24)25-20)16-7-5-9-19(23)22(16)17/h3-13H,1-2H3. The highest BCUT2D eigenvalue weighted by molar-refractivity contribution is 9.11. The van der Waals surface area contributed by atoms with Crippen molar-refractivity contribution >= 4 is 38.0 Å². The van der Waals surface area contributed by atoms with Crippen molar-refractivity contribution in [2.45, 2.75) is 19.3 Å². The van der Waals surface area contributed by atoms with Crippen LogP contribution in [-0.4, -0.2) is 0 Å². The molecule has 25 heavy (non-hydrogen) atoms. The van der Waals surface area contributed by atoms with Gasteiger partial charge in [-0.25, -0.2) is 0 Å². The van der Waals surface area contributed by atoms with Crippen molar-refractivity contribution in [3.63, 3.8) is 0 Å². The number of fused-ring (bicyclic) bond motifs is 2. The average Bonchev–Trinajstić information content (AvgIpc) is 3.05. The second-order valence-electron chi connectivity index (χ2n) is 7.16. The van der Waals surface area contributed by atoms with E-state index in [1.807, 2.05) is 0 Å². The molecule has 2 heteroatoms. The summed E-state index contributed by atoms with van der Waals surface area (Å²) in [4.78, 5) is 1.31. The number of benzene rings is 3. The van der Waals surface area contributed by atoms with Crippen LogP contribution in [0.3, 0.4) is 0 Å². The van der Waals surface area contributed by atoms with Crippen molar-refractivity contribution in [1.29, 1.82) is 0 Å². The summed E-state index contributed by atoms with van der Waals surface area (Å²) in [6.45, 7) is 4.69. The zero-order valence-electron chi connectivity index (χ0n) is 14.1. The van der Waals surface area contributed by atoms with Crippen LogP contribution < -0.4 is 0 Å². The number of hydrogen-bond acceptors (Lipinski definition) is 1. The molecule has 1 heterocycles. The summed E-state index contributed by atoms with van der Waals surface area (Å²) < 4.78 is 1.17. The van der Waals surface area contributed by atoms with Gasteiger partial charge in [0.05, 0.1) is 3.79 Å². The SMILES string of the molecule is CC1(C)c2ccccc2-c2ccc(-c3ccc(Br)s3)c3cccc1c23. The van der Waals surface area contributed by atoms with E-state index in [1.54, 1.807) is 11.3 Å². The van der Waals surface area contributed by atoms with Gasteiger partial charge >= 0.3 is 0 Å². The van der Waals surface area contributed by atoms with Gasteiger partial charge in [0.1, 0.15) is 0 Å². The second-order valence-corrected chi connectivity index (χ2v) is 9.63. The summed E-state index contributed by atoms with van der Waals surface area (Å²) in [5.41, 5.74) is 6.91. The summed E-state index contributed by atoms with van der Waals surface area (Å²) in [6, 6.07) is 24.6. The van der Waals surface area contributed by atoms with Gasteiger partial charge in [0, 0.05) is 10.3 Å². The Labute approximate surface area is 160 Å². The quantitative estimate of drug-likeness (QED) is 0.305. The molecule has 1 aromatic heterocycles. The van der Waals surface area contributed by atoms with E-state index in [0.717, 1.165) is 0 Å². The molecule has 1 aliphatic carbocycles. The third-order valence-electron chi connectivity index (χ3n) is 5.44. The molecular weight excluding hydrogens is 388 g/mol. The predicted molar refractivity (Wildman–Crippen MR) is 113 cm³/mol. The molecule has 0 aliphatic heterocycles. The van der Waals surface area contributed by atoms with Crippen LogP contribution in [0.5, 0.6) is 0 Å². The molecule has 0 saturated carbocycles. The predicted octanol–water partition coefficient (Wildman–Crippen LogP) is 7.64. The van der Waals surface area contributed by atoms with Crippen molar-refractivity contribution in [3.05, 3.63) is 81.6 Å². The Morgan fingerprint density at radius 3 is 2.28 bits per heavy atom. The van der Waals surface area contributed by atoms with Crippen molar-refractivity contribution in [3.8, 4) is 21.6 Å². The fraction of sp³-hybridized carbons (Fsp3) is 0.130. The summed E-state index contributed by atoms with van der Waals surface area (Å²) in [5.74, 6) is 0. The highest BCUT2D eigenvalue weighted by atomic mass is 79.9. The summed E-state index contributed by atoms with van der Waals surface area (Å²) in [6.07, 6.45) is 0. The summed E-state index contributed by atoms with van der Waals surface area (Å²) in [7, 11) is 0. The van der Waals surface area contributed by atoms with Crippen LogP contribution in [0.4, 0.5) is 0 Å². The molecule has 122 valence electrons. The van der Waals surface area contributed by atoms with E-state index in [9.17, 15) is 0 Å². The molecule has 3 aromatic carbocycles. The monoisotopic (exact) mass is 404 g/mol. The first-order chi connectivity index (χ1) is 12.1. The van der Waals surface area contributed by atoms with Gasteiger partial charge in [-0.3, -0.25) is 0 Å². The van der Waals surface area contributed by atoms with Crippen LogP contribution in [0.15, 0.2) is 70.5 Å². The topological polar surface area (TPSA) is 0 Å². The van der Waals surface area contributed by atoms with Gasteiger partial charge in [0.15, 0.2) is 0 Å². The Morgan fingerprint density at radius 2 is 1.48 bits per heavy atom. The minimum atomic E-state index is 0.0117. The molecule has 0 atom stereocenters. The minimum absolute atomic E-state index is 0.0117. The molecule has 0 bridgehead atoms. The van der Waals surface area contributed by atoms with E-state index in [1.165, 1.54) is 47.3 Å². The van der Waals surface area contributed by atoms with E-state index >= 15 is 0 Å². The molecule has 0 nitrogen and oxygen atoms in total. The van der Waals surface area contributed by atoms with Gasteiger partial charge in [0.2, 0.25) is 0 Å². The lowest BCUT2D eigenvalue weighted by Crippen LogP contribution is -2.23. The average molecular weight is 405 g/mol. The Hall–Kier alpha value is -1.90. The molecule has 0 fully saturated rings. The number of halogens is 1. The lowest BCUT2D eigenvalue weighted by Gasteiger charge is -2.35. The molecule has 0 radical (unpaired) electrons. The third-order valence-corrected chi connectivity index (χ3v) is 7.10. The molecule has 5 rings (SSSR count). The molecule has 1 aliphatic rings. The Morgan fingerprint density at radius 1 is 0.720 bits per heavy atom. The Balaban J connectivity index is 1.94. The lowest BCUT2D eigenvalue weighted by atomic mass is 9.68. The first kappa shape index (κ1) is 15.4. The third kappa shape index (κ3) is 2.11. The zero-order chi connectivity index (χ0) is 17.2. The van der Waals surface area contributed by atoms with Crippen molar-refractivity contribution in [1.82, 2.24) is 0 Å². The molecule has 0 N–H and O–H groups in total. The van der Waals surface area contributed by atoms with Crippen LogP contribution in [-0.2, 0) is 5.41 Å². The number of thiophene rings is 1. The van der Waals surface area contributed by atoms with E-state index < -0.39 is 0 Å². The lowest BCUT2D eigenvalue weighted by molar-refractivity contribution is 0.645. The van der Waals surface area contributed by atoms with E-state index in [2.05, 4.69) is 96.5 Å². The maximum atomic E-state index is 3.61. The normalized spacial score (nSPS) is 14.5. The van der Waals surface area contributed by atoms with Gasteiger partial charge in [-0.1, -0.05) is 68.4 Å². The maximum Gasteiger partial charge on any atom is 0.0705 e. The highest BCUT2D eigenvalue weighted by Gasteiger charge is 2.33. The minimum Gasteiger partial charge on any atom is -0.128 e. The van der Waals surface area contributed by atoms with Gasteiger partial charge < -0.3 is 0 Å². The number of hydrogen-bond donors (Lipinski definition) is 0. The molecule has 0 spiro atoms. The van der Waals surface area contributed by atoms with Crippen LogP contribution in [0, 0.1) is 0 Å². The van der Waals surface area contributed by atoms with Gasteiger partial charge in [-0.05, 0) is 66.7 Å². The van der Waals surface area contributed by atoms with Gasteiger partial charge in [-0.15, -0.1) is 11.3 Å². The fourth-order valence-corrected chi connectivity index (χ4v) is 5.66. The van der Waals surface area contributed by atoms with E-state index in [-0.39, 0.29) is 5.41 Å². The van der Waals surface area contributed by atoms with Crippen LogP contribution in [0.25, 0.3) is 32.3 Å². The Kier molecular flexibility index (Phi) is 3.25. The van der Waals surface area contributed by atoms with Crippen molar-refractivity contribution in [2.75, 3.05) is 0 Å². The molecular formula is C23H17BrS. The smallest absolute Gasteiger partial charge is 0.0705 e. The maximum absolute atomic E-state index is 3.61. The van der Waals surface area contributed by atoms with Crippen molar-refractivity contribution in [2.24, 2.45) is 0 Å². The van der Waals surface area contributed by atoms with Crippen LogP contribution in [0.1, 0.15) is 25.0 Å². The molecule has 0 saturated heterocycles. The summed E-state index contributed by atoms with van der Waals surface area (Å²) in [5, 5.41) is 2.76. The summed E-state index contributed by atoms with van der Waals surface area (Å²) >= 11 is 5.40. The fourth-order valence-electron chi connectivity index (χ4n) is 4.23. The van der Waals surface area contributed by atoms with Crippen LogP contribution >= 0.6 is 27.3 Å². The molecule has 0 amide bonds. The molecule has 4 aromatic rings. The van der Waals surface area contributed by atoms with E-state index in [0.29, 0.717) is 0 Å². The largest absolute Gasteiger partial charge is 0.128 e. The first-order valence-corrected chi connectivity index (χ1v) is 10.1. The zero-order valence-corrected chi connectivity index (χ0v) is 16.5. The molecule has 0 unspecified atom stereocenters. The van der Waals surface area contributed by atoms with Crippen LogP contribution in [0.2, 0.25) is 0 Å². The Bertz CT molecular complexity index is 1130. The van der Waals surface area contributed by atoms with Gasteiger partial charge in [-0.2, -0.15) is 0 Å². The first-order valence-electron chi connectivity index (χ1n) is 8.49. The second kappa shape index (κ2) is 5.30. The van der Waals surface area contributed by atoms with Crippen molar-refractivity contribution < 1.29 is 0 Å². The van der Waals surface area contributed by atoms with E-state index in [4.69, 9.17) is 0 Å². The number of rotatable bonds is 1.